The molecule has 20 heavy (non-hydrogen) atoms. The van der Waals surface area contributed by atoms with Crippen molar-refractivity contribution in [3.05, 3.63) is 35.9 Å². The smallest absolute Gasteiger partial charge is 0.328 e. The maximum absolute atomic E-state index is 11.9. The van der Waals surface area contributed by atoms with Crippen LogP contribution in [0.4, 0.5) is 0 Å². The minimum atomic E-state index is -0.680. The van der Waals surface area contributed by atoms with Gasteiger partial charge in [-0.25, -0.2) is 4.79 Å². The maximum atomic E-state index is 11.9. The number of carbonyl (C=O) groups is 2. The minimum Gasteiger partial charge on any atom is -0.467 e. The molecule has 2 atom stereocenters. The molecule has 0 saturated carbocycles. The van der Waals surface area contributed by atoms with Gasteiger partial charge in [0.15, 0.2) is 0 Å². The molecule has 1 aromatic rings. The topological polar surface area (TPSA) is 81.4 Å². The Morgan fingerprint density at radius 3 is 2.40 bits per heavy atom. The van der Waals surface area contributed by atoms with E-state index in [-0.39, 0.29) is 18.3 Å². The summed E-state index contributed by atoms with van der Waals surface area (Å²) in [6, 6.07) is 8.18. The number of ether oxygens (including phenoxy) is 1. The van der Waals surface area contributed by atoms with Crippen LogP contribution in [-0.4, -0.2) is 31.1 Å². The van der Waals surface area contributed by atoms with E-state index in [1.165, 1.54) is 7.11 Å². The second-order valence-corrected chi connectivity index (χ2v) is 4.29. The number of hydrogen-bond acceptors (Lipinski definition) is 4. The summed E-state index contributed by atoms with van der Waals surface area (Å²) in [6.07, 6.45) is 0.904. The summed E-state index contributed by atoms with van der Waals surface area (Å²) < 4.78 is 4.61. The van der Waals surface area contributed by atoms with Gasteiger partial charge in [0, 0.05) is 0 Å². The van der Waals surface area contributed by atoms with E-state index in [9.17, 15) is 9.59 Å². The van der Waals surface area contributed by atoms with Gasteiger partial charge in [0.2, 0.25) is 5.91 Å². The lowest BCUT2D eigenvalue weighted by atomic mass is 10.1. The molecule has 0 saturated heterocycles. The van der Waals surface area contributed by atoms with Crippen LogP contribution in [0.15, 0.2) is 30.3 Å². The number of hydrogen-bond donors (Lipinski definition) is 2. The average molecular weight is 301 g/mol. The fourth-order valence-corrected chi connectivity index (χ4v) is 1.71. The molecule has 0 aliphatic rings. The number of halogens is 1. The molecule has 6 heteroatoms. The SMILES string of the molecule is CCC(NC(=O)C(N)Cc1ccccc1)C(=O)OC.Cl. The highest BCUT2D eigenvalue weighted by Crippen LogP contribution is 2.03. The Kier molecular flexibility index (Phi) is 8.59. The van der Waals surface area contributed by atoms with Crippen molar-refractivity contribution in [2.45, 2.75) is 31.8 Å². The van der Waals surface area contributed by atoms with Crippen LogP contribution in [0, 0.1) is 0 Å². The van der Waals surface area contributed by atoms with Crippen molar-refractivity contribution in [2.75, 3.05) is 7.11 Å². The van der Waals surface area contributed by atoms with Gasteiger partial charge in [0.25, 0.3) is 0 Å². The van der Waals surface area contributed by atoms with Crippen LogP contribution in [0.25, 0.3) is 0 Å². The summed E-state index contributed by atoms with van der Waals surface area (Å²) in [4.78, 5) is 23.3. The van der Waals surface area contributed by atoms with Gasteiger partial charge in [0.1, 0.15) is 6.04 Å². The molecule has 0 fully saturated rings. The molecule has 1 aromatic carbocycles. The van der Waals surface area contributed by atoms with Crippen molar-refractivity contribution in [2.24, 2.45) is 5.73 Å². The molecule has 3 N–H and O–H groups in total. The lowest BCUT2D eigenvalue weighted by Crippen LogP contribution is -2.49. The molecule has 0 aromatic heterocycles. The second-order valence-electron chi connectivity index (χ2n) is 4.29. The van der Waals surface area contributed by atoms with Crippen molar-refractivity contribution in [1.29, 1.82) is 0 Å². The highest BCUT2D eigenvalue weighted by atomic mass is 35.5. The Morgan fingerprint density at radius 2 is 1.90 bits per heavy atom. The summed E-state index contributed by atoms with van der Waals surface area (Å²) in [5.74, 6) is -0.802. The number of methoxy groups -OCH3 is 1. The van der Waals surface area contributed by atoms with Crippen LogP contribution >= 0.6 is 12.4 Å². The third kappa shape index (κ3) is 5.59. The van der Waals surface area contributed by atoms with E-state index in [1.807, 2.05) is 30.3 Å². The molecule has 0 radical (unpaired) electrons. The lowest BCUT2D eigenvalue weighted by Gasteiger charge is -2.17. The van der Waals surface area contributed by atoms with Crippen LogP contribution in [0.2, 0.25) is 0 Å². The van der Waals surface area contributed by atoms with Gasteiger partial charge in [-0.2, -0.15) is 0 Å². The van der Waals surface area contributed by atoms with Crippen molar-refractivity contribution in [1.82, 2.24) is 5.32 Å². The number of esters is 1. The van der Waals surface area contributed by atoms with Gasteiger partial charge in [-0.3, -0.25) is 4.79 Å². The van der Waals surface area contributed by atoms with E-state index < -0.39 is 18.1 Å². The second kappa shape index (κ2) is 9.34. The van der Waals surface area contributed by atoms with Crippen molar-refractivity contribution in [3.8, 4) is 0 Å². The Hall–Kier alpha value is -1.59. The van der Waals surface area contributed by atoms with Gasteiger partial charge >= 0.3 is 5.97 Å². The monoisotopic (exact) mass is 300 g/mol. The Bertz CT molecular complexity index is 426. The molecular formula is C14H21ClN2O3. The molecular weight excluding hydrogens is 280 g/mol. The van der Waals surface area contributed by atoms with E-state index in [1.54, 1.807) is 6.92 Å². The zero-order chi connectivity index (χ0) is 14.3. The quantitative estimate of drug-likeness (QED) is 0.769. The average Bonchev–Trinajstić information content (AvgIpc) is 2.44. The highest BCUT2D eigenvalue weighted by molar-refractivity contribution is 5.87. The lowest BCUT2D eigenvalue weighted by molar-refractivity contribution is -0.145. The molecule has 0 aliphatic heterocycles. The molecule has 112 valence electrons. The molecule has 1 rings (SSSR count). The van der Waals surface area contributed by atoms with E-state index in [2.05, 4.69) is 10.1 Å². The Morgan fingerprint density at radius 1 is 1.30 bits per heavy atom. The number of rotatable bonds is 6. The fraction of sp³-hybridized carbons (Fsp3) is 0.429. The van der Waals surface area contributed by atoms with Gasteiger partial charge in [-0.15, -0.1) is 12.4 Å². The van der Waals surface area contributed by atoms with Crippen molar-refractivity contribution in [3.63, 3.8) is 0 Å². The van der Waals surface area contributed by atoms with Crippen LogP contribution in [0.1, 0.15) is 18.9 Å². The zero-order valence-corrected chi connectivity index (χ0v) is 12.5. The van der Waals surface area contributed by atoms with Crippen molar-refractivity contribution < 1.29 is 14.3 Å². The Balaban J connectivity index is 0.00000361. The van der Waals surface area contributed by atoms with E-state index in [4.69, 9.17) is 5.73 Å². The maximum Gasteiger partial charge on any atom is 0.328 e. The van der Waals surface area contributed by atoms with Gasteiger partial charge in [-0.05, 0) is 18.4 Å². The standard InChI is InChI=1S/C14H20N2O3.ClH/c1-3-12(14(18)19-2)16-13(17)11(15)9-10-7-5-4-6-8-10;/h4-8,11-12H,3,9,15H2,1-2H3,(H,16,17);1H. The largest absolute Gasteiger partial charge is 0.467 e. The van der Waals surface area contributed by atoms with Gasteiger partial charge in [0.05, 0.1) is 13.2 Å². The molecule has 0 spiro atoms. The first-order chi connectivity index (χ1) is 9.08. The van der Waals surface area contributed by atoms with E-state index in [0.29, 0.717) is 12.8 Å². The van der Waals surface area contributed by atoms with Crippen LogP contribution in [0.5, 0.6) is 0 Å². The first-order valence-electron chi connectivity index (χ1n) is 6.26. The van der Waals surface area contributed by atoms with Gasteiger partial charge < -0.3 is 15.8 Å². The van der Waals surface area contributed by atoms with Gasteiger partial charge in [-0.1, -0.05) is 37.3 Å². The fourth-order valence-electron chi connectivity index (χ4n) is 1.71. The predicted molar refractivity (Wildman–Crippen MR) is 79.6 cm³/mol. The summed E-state index contributed by atoms with van der Waals surface area (Å²) in [5, 5.41) is 2.60. The summed E-state index contributed by atoms with van der Waals surface area (Å²) in [5.41, 5.74) is 6.81. The van der Waals surface area contributed by atoms with Crippen LogP contribution in [0.3, 0.4) is 0 Å². The van der Waals surface area contributed by atoms with Crippen LogP contribution in [-0.2, 0) is 20.7 Å². The first kappa shape index (κ1) is 18.4. The normalized spacial score (nSPS) is 12.8. The number of nitrogens with two attached hydrogens (primary N) is 1. The number of benzene rings is 1. The van der Waals surface area contributed by atoms with Crippen LogP contribution < -0.4 is 11.1 Å². The van der Waals surface area contributed by atoms with E-state index >= 15 is 0 Å². The summed E-state index contributed by atoms with van der Waals surface area (Å²) >= 11 is 0. The highest BCUT2D eigenvalue weighted by Gasteiger charge is 2.22. The van der Waals surface area contributed by atoms with Crippen molar-refractivity contribution >= 4 is 24.3 Å². The molecule has 0 heterocycles. The molecule has 0 bridgehead atoms. The third-order valence-electron chi connectivity index (χ3n) is 2.85. The number of carbonyl (C=O) groups excluding carboxylic acids is 2. The molecule has 5 nitrogen and oxygen atoms in total. The minimum absolute atomic E-state index is 0. The molecule has 0 aliphatic carbocycles. The third-order valence-corrected chi connectivity index (χ3v) is 2.85. The summed E-state index contributed by atoms with van der Waals surface area (Å²) in [7, 11) is 1.29. The Labute approximate surface area is 125 Å². The first-order valence-corrected chi connectivity index (χ1v) is 6.26. The zero-order valence-electron chi connectivity index (χ0n) is 11.7. The predicted octanol–water partition coefficient (Wildman–Crippen LogP) is 1.05. The summed E-state index contributed by atoms with van der Waals surface area (Å²) in [6.45, 7) is 1.80. The molecule has 1 amide bonds. The number of nitrogens with one attached hydrogen (secondary N) is 1. The molecule has 2 unspecified atom stereocenters. The van der Waals surface area contributed by atoms with E-state index in [0.717, 1.165) is 5.56 Å². The number of amides is 1.